The molecule has 5 nitrogen and oxygen atoms in total. The normalized spacial score (nSPS) is 14.3. The van der Waals surface area contributed by atoms with Crippen LogP contribution in [-0.4, -0.2) is 26.6 Å². The molecule has 1 amide bonds. The highest BCUT2D eigenvalue weighted by Crippen LogP contribution is 2.34. The second-order valence-corrected chi connectivity index (χ2v) is 7.52. The molecule has 0 atom stereocenters. The molecule has 2 aromatic rings. The summed E-state index contributed by atoms with van der Waals surface area (Å²) in [6, 6.07) is 15.9. The van der Waals surface area contributed by atoms with Crippen molar-refractivity contribution in [3.63, 3.8) is 0 Å². The maximum Gasteiger partial charge on any atom is 0.255 e. The van der Waals surface area contributed by atoms with E-state index in [0.717, 1.165) is 12.8 Å². The molecule has 0 saturated heterocycles. The van der Waals surface area contributed by atoms with Gasteiger partial charge in [0.25, 0.3) is 5.91 Å². The van der Waals surface area contributed by atoms with Crippen molar-refractivity contribution in [3.05, 3.63) is 60.2 Å². The molecule has 0 aliphatic heterocycles. The molecule has 1 N–H and O–H groups in total. The Kier molecular flexibility index (Phi) is 4.09. The van der Waals surface area contributed by atoms with Crippen LogP contribution in [0.5, 0.6) is 0 Å². The monoisotopic (exact) mass is 330 g/mol. The summed E-state index contributed by atoms with van der Waals surface area (Å²) in [6.07, 6.45) is 3.00. The molecular formula is C17H18N2O3S. The highest BCUT2D eigenvalue weighted by Gasteiger charge is 2.35. The van der Waals surface area contributed by atoms with Crippen LogP contribution in [0, 0.1) is 0 Å². The molecule has 0 spiro atoms. The third kappa shape index (κ3) is 3.71. The van der Waals surface area contributed by atoms with Gasteiger partial charge in [0, 0.05) is 17.3 Å². The molecule has 1 aliphatic rings. The van der Waals surface area contributed by atoms with Gasteiger partial charge in [0.15, 0.2) is 0 Å². The SMILES string of the molecule is CS(=O)(=O)N(c1ccc(NC(=O)c2ccccc2)cc1)C1CC1. The van der Waals surface area contributed by atoms with Crippen LogP contribution in [0.4, 0.5) is 11.4 Å². The van der Waals surface area contributed by atoms with Crippen molar-refractivity contribution in [1.29, 1.82) is 0 Å². The van der Waals surface area contributed by atoms with Crippen molar-refractivity contribution in [2.45, 2.75) is 18.9 Å². The molecule has 1 saturated carbocycles. The minimum atomic E-state index is -3.29. The van der Waals surface area contributed by atoms with Crippen molar-refractivity contribution in [3.8, 4) is 0 Å². The largest absolute Gasteiger partial charge is 0.322 e. The van der Waals surface area contributed by atoms with E-state index < -0.39 is 10.0 Å². The smallest absolute Gasteiger partial charge is 0.255 e. The zero-order chi connectivity index (χ0) is 16.4. The molecule has 0 bridgehead atoms. The number of hydrogen-bond donors (Lipinski definition) is 1. The van der Waals surface area contributed by atoms with Gasteiger partial charge in [0.1, 0.15) is 0 Å². The minimum absolute atomic E-state index is 0.0646. The van der Waals surface area contributed by atoms with Gasteiger partial charge in [-0.15, -0.1) is 0 Å². The molecule has 120 valence electrons. The van der Waals surface area contributed by atoms with Gasteiger partial charge in [0.2, 0.25) is 10.0 Å². The zero-order valence-electron chi connectivity index (χ0n) is 12.8. The van der Waals surface area contributed by atoms with Crippen LogP contribution < -0.4 is 9.62 Å². The summed E-state index contributed by atoms with van der Waals surface area (Å²) in [7, 11) is -3.29. The van der Waals surface area contributed by atoms with E-state index in [2.05, 4.69) is 5.32 Å². The van der Waals surface area contributed by atoms with E-state index in [4.69, 9.17) is 0 Å². The van der Waals surface area contributed by atoms with Crippen molar-refractivity contribution in [2.75, 3.05) is 15.9 Å². The summed E-state index contributed by atoms with van der Waals surface area (Å²) in [5.41, 5.74) is 1.84. The third-order valence-corrected chi connectivity index (χ3v) is 4.88. The van der Waals surface area contributed by atoms with Gasteiger partial charge < -0.3 is 5.32 Å². The molecule has 23 heavy (non-hydrogen) atoms. The molecule has 3 rings (SSSR count). The Hall–Kier alpha value is -2.34. The molecule has 0 aromatic heterocycles. The van der Waals surface area contributed by atoms with E-state index in [0.29, 0.717) is 16.9 Å². The summed E-state index contributed by atoms with van der Waals surface area (Å²) in [5.74, 6) is -0.194. The fraction of sp³-hybridized carbons (Fsp3) is 0.235. The van der Waals surface area contributed by atoms with Crippen LogP contribution >= 0.6 is 0 Å². The van der Waals surface area contributed by atoms with E-state index in [1.807, 2.05) is 6.07 Å². The Bertz CT molecular complexity index is 797. The number of carbonyl (C=O) groups is 1. The van der Waals surface area contributed by atoms with Gasteiger partial charge in [-0.1, -0.05) is 18.2 Å². The molecule has 2 aromatic carbocycles. The van der Waals surface area contributed by atoms with Gasteiger partial charge in [-0.05, 0) is 49.2 Å². The molecule has 0 unspecified atom stereocenters. The number of benzene rings is 2. The lowest BCUT2D eigenvalue weighted by Gasteiger charge is -2.22. The van der Waals surface area contributed by atoms with Gasteiger partial charge in [-0.3, -0.25) is 9.10 Å². The van der Waals surface area contributed by atoms with E-state index >= 15 is 0 Å². The van der Waals surface area contributed by atoms with E-state index in [-0.39, 0.29) is 11.9 Å². The number of anilines is 2. The molecule has 6 heteroatoms. The number of hydrogen-bond acceptors (Lipinski definition) is 3. The molecular weight excluding hydrogens is 312 g/mol. The Morgan fingerprint density at radius 2 is 1.65 bits per heavy atom. The highest BCUT2D eigenvalue weighted by atomic mass is 32.2. The Morgan fingerprint density at radius 1 is 1.04 bits per heavy atom. The summed E-state index contributed by atoms with van der Waals surface area (Å²) in [4.78, 5) is 12.1. The minimum Gasteiger partial charge on any atom is -0.322 e. The number of sulfonamides is 1. The molecule has 1 fully saturated rings. The van der Waals surface area contributed by atoms with Crippen molar-refractivity contribution < 1.29 is 13.2 Å². The average Bonchev–Trinajstić information content (AvgIpc) is 3.33. The second kappa shape index (κ2) is 6.04. The van der Waals surface area contributed by atoms with Gasteiger partial charge in [-0.25, -0.2) is 8.42 Å². The summed E-state index contributed by atoms with van der Waals surface area (Å²) >= 11 is 0. The van der Waals surface area contributed by atoms with E-state index in [1.165, 1.54) is 10.6 Å². The van der Waals surface area contributed by atoms with Gasteiger partial charge in [-0.2, -0.15) is 0 Å². The lowest BCUT2D eigenvalue weighted by molar-refractivity contribution is 0.102. The number of rotatable bonds is 5. The maximum atomic E-state index is 12.1. The van der Waals surface area contributed by atoms with Gasteiger partial charge >= 0.3 is 0 Å². The zero-order valence-corrected chi connectivity index (χ0v) is 13.6. The first-order chi connectivity index (χ1) is 10.9. The Labute approximate surface area is 136 Å². The Balaban J connectivity index is 1.76. The average molecular weight is 330 g/mol. The number of carbonyl (C=O) groups excluding carboxylic acids is 1. The topological polar surface area (TPSA) is 66.5 Å². The quantitative estimate of drug-likeness (QED) is 0.917. The first-order valence-electron chi connectivity index (χ1n) is 7.41. The van der Waals surface area contributed by atoms with Crippen LogP contribution in [0.15, 0.2) is 54.6 Å². The fourth-order valence-electron chi connectivity index (χ4n) is 2.47. The summed E-state index contributed by atoms with van der Waals surface area (Å²) in [6.45, 7) is 0. The summed E-state index contributed by atoms with van der Waals surface area (Å²) < 4.78 is 25.3. The molecule has 0 radical (unpaired) electrons. The highest BCUT2D eigenvalue weighted by molar-refractivity contribution is 7.92. The van der Waals surface area contributed by atoms with Crippen molar-refractivity contribution in [2.24, 2.45) is 0 Å². The van der Waals surface area contributed by atoms with Gasteiger partial charge in [0.05, 0.1) is 11.9 Å². The molecule has 1 aliphatic carbocycles. The number of amides is 1. The van der Waals surface area contributed by atoms with Crippen molar-refractivity contribution in [1.82, 2.24) is 0 Å². The van der Waals surface area contributed by atoms with Crippen molar-refractivity contribution >= 4 is 27.3 Å². The number of nitrogens with zero attached hydrogens (tertiary/aromatic N) is 1. The first-order valence-corrected chi connectivity index (χ1v) is 9.26. The Morgan fingerprint density at radius 3 is 2.17 bits per heavy atom. The number of nitrogens with one attached hydrogen (secondary N) is 1. The lowest BCUT2D eigenvalue weighted by atomic mass is 10.2. The fourth-order valence-corrected chi connectivity index (χ4v) is 3.72. The van der Waals surface area contributed by atoms with Crippen LogP contribution in [0.1, 0.15) is 23.2 Å². The standard InChI is InChI=1S/C17H18N2O3S/c1-23(21,22)19(16-11-12-16)15-9-7-14(8-10-15)18-17(20)13-5-3-2-4-6-13/h2-10,16H,11-12H2,1H3,(H,18,20). The predicted molar refractivity (Wildman–Crippen MR) is 91.2 cm³/mol. The summed E-state index contributed by atoms with van der Waals surface area (Å²) in [5, 5.41) is 2.80. The third-order valence-electron chi connectivity index (χ3n) is 3.65. The second-order valence-electron chi connectivity index (χ2n) is 5.66. The van der Waals surface area contributed by atoms with Crippen LogP contribution in [0.3, 0.4) is 0 Å². The molecule has 0 heterocycles. The van der Waals surface area contributed by atoms with E-state index in [9.17, 15) is 13.2 Å². The van der Waals surface area contributed by atoms with Crippen LogP contribution in [-0.2, 0) is 10.0 Å². The van der Waals surface area contributed by atoms with Crippen LogP contribution in [0.2, 0.25) is 0 Å². The lowest BCUT2D eigenvalue weighted by Crippen LogP contribution is -2.31. The van der Waals surface area contributed by atoms with E-state index in [1.54, 1.807) is 48.5 Å². The predicted octanol–water partition coefficient (Wildman–Crippen LogP) is 2.87. The maximum absolute atomic E-state index is 12.1. The van der Waals surface area contributed by atoms with Crippen LogP contribution in [0.25, 0.3) is 0 Å². The first kappa shape index (κ1) is 15.6.